The van der Waals surface area contributed by atoms with Gasteiger partial charge in [0.25, 0.3) is 5.91 Å². The van der Waals surface area contributed by atoms with E-state index in [9.17, 15) is 9.59 Å². The van der Waals surface area contributed by atoms with Gasteiger partial charge in [0, 0.05) is 43.9 Å². The Morgan fingerprint density at radius 1 is 0.917 bits per heavy atom. The summed E-state index contributed by atoms with van der Waals surface area (Å²) in [5, 5.41) is 0. The van der Waals surface area contributed by atoms with E-state index in [0.29, 0.717) is 30.5 Å². The molecule has 0 radical (unpaired) electrons. The normalized spacial score (nSPS) is 18.3. The van der Waals surface area contributed by atoms with E-state index in [1.807, 2.05) is 58.5 Å². The summed E-state index contributed by atoms with van der Waals surface area (Å²) in [5.41, 5.74) is 6.49. The number of benzene rings is 3. The fraction of sp³-hybridized carbons (Fsp3) is 0.323. The van der Waals surface area contributed by atoms with Crippen LogP contribution in [-0.2, 0) is 17.9 Å². The highest BCUT2D eigenvalue weighted by Gasteiger charge is 2.37. The summed E-state index contributed by atoms with van der Waals surface area (Å²) in [6.07, 6.45) is 4.95. The molecule has 0 aromatic heterocycles. The molecule has 2 fully saturated rings. The molecule has 2 aliphatic heterocycles. The van der Waals surface area contributed by atoms with Gasteiger partial charge in [0.05, 0.1) is 6.54 Å². The van der Waals surface area contributed by atoms with Crippen LogP contribution in [0, 0.1) is 11.8 Å². The van der Waals surface area contributed by atoms with Gasteiger partial charge in [-0.05, 0) is 71.2 Å². The van der Waals surface area contributed by atoms with E-state index in [-0.39, 0.29) is 11.8 Å². The Labute approximate surface area is 212 Å². The standard InChI is InChI=1S/C31H31N3O2/c35-30(25-10-11-25)33-15-14-23(20-33)21-34(19-22-4-2-1-3-5-22)31(36)26-8-6-24(7-9-26)27-12-13-28-17-32-18-29(28)16-27/h1-9,12-13,16-17,23,25H,10-11,14-15,18-21H2/t23-/m1/s1. The minimum Gasteiger partial charge on any atom is -0.342 e. The molecule has 1 saturated carbocycles. The lowest BCUT2D eigenvalue weighted by Gasteiger charge is -2.26. The Hall–Kier alpha value is -3.73. The Kier molecular flexibility index (Phi) is 6.14. The molecule has 1 atom stereocenters. The van der Waals surface area contributed by atoms with Gasteiger partial charge in [-0.25, -0.2) is 0 Å². The van der Waals surface area contributed by atoms with Crippen LogP contribution in [-0.4, -0.2) is 47.5 Å². The van der Waals surface area contributed by atoms with E-state index in [1.54, 1.807) is 0 Å². The molecule has 0 bridgehead atoms. The molecule has 0 unspecified atom stereocenters. The first-order valence-corrected chi connectivity index (χ1v) is 13.0. The zero-order valence-electron chi connectivity index (χ0n) is 20.5. The number of hydrogen-bond donors (Lipinski definition) is 0. The third-order valence-corrected chi connectivity index (χ3v) is 7.61. The van der Waals surface area contributed by atoms with E-state index in [1.165, 1.54) is 11.1 Å². The topological polar surface area (TPSA) is 53.0 Å². The van der Waals surface area contributed by atoms with Gasteiger partial charge in [0.2, 0.25) is 5.91 Å². The summed E-state index contributed by atoms with van der Waals surface area (Å²) in [6.45, 7) is 3.54. The zero-order chi connectivity index (χ0) is 24.5. The third kappa shape index (κ3) is 4.83. The SMILES string of the molecule is O=C(c1ccc(-c2ccc3c(c2)CN=C3)cc1)N(Cc1ccccc1)C[C@@H]1CCN(C(=O)C2CC2)C1. The first kappa shape index (κ1) is 22.7. The number of aliphatic imine (C=N–C) groups is 1. The second-order valence-electron chi connectivity index (χ2n) is 10.3. The van der Waals surface area contributed by atoms with Crippen LogP contribution in [0.2, 0.25) is 0 Å². The maximum absolute atomic E-state index is 13.7. The molecule has 3 aliphatic rings. The van der Waals surface area contributed by atoms with Gasteiger partial charge in [-0.15, -0.1) is 0 Å². The fourth-order valence-electron chi connectivity index (χ4n) is 5.38. The van der Waals surface area contributed by atoms with Crippen LogP contribution in [0.15, 0.2) is 77.8 Å². The summed E-state index contributed by atoms with van der Waals surface area (Å²) in [7, 11) is 0. The van der Waals surface area contributed by atoms with E-state index in [0.717, 1.165) is 55.6 Å². The van der Waals surface area contributed by atoms with E-state index < -0.39 is 0 Å². The highest BCUT2D eigenvalue weighted by Crippen LogP contribution is 2.33. The number of nitrogens with zero attached hydrogens (tertiary/aromatic N) is 3. The molecule has 36 heavy (non-hydrogen) atoms. The number of fused-ring (bicyclic) bond motifs is 1. The first-order valence-electron chi connectivity index (χ1n) is 13.0. The monoisotopic (exact) mass is 477 g/mol. The molecule has 5 nitrogen and oxygen atoms in total. The van der Waals surface area contributed by atoms with Crippen molar-refractivity contribution in [1.29, 1.82) is 0 Å². The summed E-state index contributed by atoms with van der Waals surface area (Å²) >= 11 is 0. The molecule has 3 aromatic rings. The number of amides is 2. The lowest BCUT2D eigenvalue weighted by molar-refractivity contribution is -0.131. The van der Waals surface area contributed by atoms with Crippen LogP contribution >= 0.6 is 0 Å². The highest BCUT2D eigenvalue weighted by molar-refractivity contribution is 5.95. The van der Waals surface area contributed by atoms with Gasteiger partial charge < -0.3 is 9.80 Å². The van der Waals surface area contributed by atoms with Crippen molar-refractivity contribution in [2.75, 3.05) is 19.6 Å². The van der Waals surface area contributed by atoms with Gasteiger partial charge in [-0.2, -0.15) is 0 Å². The molecule has 1 aliphatic carbocycles. The molecule has 0 spiro atoms. The number of hydrogen-bond acceptors (Lipinski definition) is 3. The van der Waals surface area contributed by atoms with Crippen molar-refractivity contribution < 1.29 is 9.59 Å². The minimum absolute atomic E-state index is 0.0414. The van der Waals surface area contributed by atoms with Crippen molar-refractivity contribution >= 4 is 18.0 Å². The van der Waals surface area contributed by atoms with Crippen molar-refractivity contribution in [2.45, 2.75) is 32.4 Å². The number of carbonyl (C=O) groups excluding carboxylic acids is 2. The van der Waals surface area contributed by atoms with Gasteiger partial charge >= 0.3 is 0 Å². The predicted octanol–water partition coefficient (Wildman–Crippen LogP) is 5.19. The summed E-state index contributed by atoms with van der Waals surface area (Å²) < 4.78 is 0. The van der Waals surface area contributed by atoms with Gasteiger partial charge in [0.1, 0.15) is 0 Å². The van der Waals surface area contributed by atoms with Gasteiger partial charge in [-0.3, -0.25) is 14.6 Å². The largest absolute Gasteiger partial charge is 0.342 e. The maximum Gasteiger partial charge on any atom is 0.254 e. The molecule has 3 aromatic carbocycles. The Morgan fingerprint density at radius 2 is 1.69 bits per heavy atom. The molecule has 1 saturated heterocycles. The second-order valence-corrected chi connectivity index (χ2v) is 10.3. The van der Waals surface area contributed by atoms with Crippen molar-refractivity contribution in [2.24, 2.45) is 16.8 Å². The zero-order valence-corrected chi connectivity index (χ0v) is 20.5. The van der Waals surface area contributed by atoms with E-state index in [4.69, 9.17) is 0 Å². The van der Waals surface area contributed by atoms with Gasteiger partial charge in [0.15, 0.2) is 0 Å². The molecule has 2 heterocycles. The summed E-state index contributed by atoms with van der Waals surface area (Å²) in [4.78, 5) is 34.6. The quantitative estimate of drug-likeness (QED) is 0.470. The van der Waals surface area contributed by atoms with Crippen LogP contribution < -0.4 is 0 Å². The molecule has 6 rings (SSSR count). The average Bonchev–Trinajstić information content (AvgIpc) is 3.48. The molecule has 0 N–H and O–H groups in total. The van der Waals surface area contributed by atoms with Crippen LogP contribution in [0.3, 0.4) is 0 Å². The number of carbonyl (C=O) groups is 2. The summed E-state index contributed by atoms with van der Waals surface area (Å²) in [6, 6.07) is 24.5. The van der Waals surface area contributed by atoms with Crippen molar-refractivity contribution in [1.82, 2.24) is 9.80 Å². The van der Waals surface area contributed by atoms with Crippen molar-refractivity contribution in [3.05, 3.63) is 95.1 Å². The highest BCUT2D eigenvalue weighted by atomic mass is 16.2. The van der Waals surface area contributed by atoms with Crippen LogP contribution in [0.1, 0.15) is 46.3 Å². The lowest BCUT2D eigenvalue weighted by atomic mass is 9.99. The molecule has 182 valence electrons. The number of likely N-dealkylation sites (tertiary alicyclic amines) is 1. The average molecular weight is 478 g/mol. The van der Waals surface area contributed by atoms with Crippen molar-refractivity contribution in [3.63, 3.8) is 0 Å². The van der Waals surface area contributed by atoms with Crippen LogP contribution in [0.5, 0.6) is 0 Å². The third-order valence-electron chi connectivity index (χ3n) is 7.61. The van der Waals surface area contributed by atoms with Crippen LogP contribution in [0.4, 0.5) is 0 Å². The predicted molar refractivity (Wildman–Crippen MR) is 142 cm³/mol. The number of rotatable bonds is 7. The molecular weight excluding hydrogens is 446 g/mol. The van der Waals surface area contributed by atoms with E-state index >= 15 is 0 Å². The van der Waals surface area contributed by atoms with Crippen LogP contribution in [0.25, 0.3) is 11.1 Å². The second kappa shape index (κ2) is 9.73. The fourth-order valence-corrected chi connectivity index (χ4v) is 5.38. The first-order chi connectivity index (χ1) is 17.6. The summed E-state index contributed by atoms with van der Waals surface area (Å²) in [5.74, 6) is 0.919. The van der Waals surface area contributed by atoms with Gasteiger partial charge in [-0.1, -0.05) is 54.6 Å². The molecular formula is C31H31N3O2. The lowest BCUT2D eigenvalue weighted by Crippen LogP contribution is -2.37. The Bertz CT molecular complexity index is 1300. The Morgan fingerprint density at radius 3 is 2.47 bits per heavy atom. The molecule has 2 amide bonds. The minimum atomic E-state index is 0.0414. The Balaban J connectivity index is 1.18. The maximum atomic E-state index is 13.7. The van der Waals surface area contributed by atoms with E-state index in [2.05, 4.69) is 35.3 Å². The molecule has 5 heteroatoms. The smallest absolute Gasteiger partial charge is 0.254 e. The van der Waals surface area contributed by atoms with Crippen molar-refractivity contribution in [3.8, 4) is 11.1 Å².